The molecule has 1 aliphatic rings. The van der Waals surface area contributed by atoms with Crippen molar-refractivity contribution in [3.8, 4) is 0 Å². The van der Waals surface area contributed by atoms with Crippen molar-refractivity contribution in [2.45, 2.75) is 66.3 Å². The molecule has 2 nitrogen and oxygen atoms in total. The van der Waals surface area contributed by atoms with Gasteiger partial charge in [0, 0.05) is 18.0 Å². The highest BCUT2D eigenvalue weighted by Gasteiger charge is 2.33. The Labute approximate surface area is 100 Å². The van der Waals surface area contributed by atoms with Crippen molar-refractivity contribution in [3.63, 3.8) is 0 Å². The molecule has 0 aromatic heterocycles. The van der Waals surface area contributed by atoms with Crippen LogP contribution in [0.15, 0.2) is 0 Å². The number of hydrogen-bond donors (Lipinski definition) is 0. The van der Waals surface area contributed by atoms with E-state index in [4.69, 9.17) is 0 Å². The molecule has 0 bridgehead atoms. The van der Waals surface area contributed by atoms with Crippen molar-refractivity contribution in [2.75, 3.05) is 6.54 Å². The minimum Gasteiger partial charge on any atom is -0.339 e. The number of carbonyl (C=O) groups excluding carboxylic acids is 1. The summed E-state index contributed by atoms with van der Waals surface area (Å²) in [6.07, 6.45) is 4.81. The van der Waals surface area contributed by atoms with E-state index < -0.39 is 0 Å². The van der Waals surface area contributed by atoms with Gasteiger partial charge in [-0.3, -0.25) is 4.79 Å². The van der Waals surface area contributed by atoms with Crippen LogP contribution in [0.5, 0.6) is 0 Å². The second-order valence-electron chi connectivity index (χ2n) is 6.53. The van der Waals surface area contributed by atoms with Gasteiger partial charge in [-0.1, -0.05) is 34.6 Å². The second-order valence-corrected chi connectivity index (χ2v) is 6.53. The van der Waals surface area contributed by atoms with Gasteiger partial charge in [0.05, 0.1) is 0 Å². The molecule has 1 aliphatic heterocycles. The Morgan fingerprint density at radius 3 is 2.44 bits per heavy atom. The highest BCUT2D eigenvalue weighted by Crippen LogP contribution is 2.27. The third-order valence-corrected chi connectivity index (χ3v) is 3.27. The zero-order valence-corrected chi connectivity index (χ0v) is 11.5. The Bertz CT molecular complexity index is 240. The van der Waals surface area contributed by atoms with Crippen LogP contribution < -0.4 is 0 Å². The van der Waals surface area contributed by atoms with E-state index in [2.05, 4.69) is 18.7 Å². The molecule has 1 heterocycles. The fraction of sp³-hybridized carbons (Fsp3) is 0.929. The molecule has 1 amide bonds. The minimum absolute atomic E-state index is 0.230. The molecule has 0 radical (unpaired) electrons. The molecule has 2 heteroatoms. The van der Waals surface area contributed by atoms with Gasteiger partial charge in [0.25, 0.3) is 0 Å². The molecular formula is C14H27NO. The van der Waals surface area contributed by atoms with Crippen LogP contribution in [-0.2, 0) is 4.79 Å². The summed E-state index contributed by atoms with van der Waals surface area (Å²) in [6.45, 7) is 11.5. The molecule has 16 heavy (non-hydrogen) atoms. The molecule has 1 fully saturated rings. The largest absolute Gasteiger partial charge is 0.339 e. The molecule has 0 N–H and O–H groups in total. The van der Waals surface area contributed by atoms with Gasteiger partial charge in [-0.05, 0) is 31.6 Å². The summed E-state index contributed by atoms with van der Waals surface area (Å²) in [6, 6.07) is 0.487. The summed E-state index contributed by atoms with van der Waals surface area (Å²) >= 11 is 0. The molecule has 0 aliphatic carbocycles. The van der Waals surface area contributed by atoms with E-state index in [9.17, 15) is 4.79 Å². The number of rotatable bonds is 2. The van der Waals surface area contributed by atoms with Crippen molar-refractivity contribution in [3.05, 3.63) is 0 Å². The molecule has 94 valence electrons. The summed E-state index contributed by atoms with van der Waals surface area (Å²) in [5.74, 6) is 1.01. The molecule has 1 rings (SSSR count). The summed E-state index contributed by atoms with van der Waals surface area (Å²) in [5, 5.41) is 0. The van der Waals surface area contributed by atoms with Gasteiger partial charge in [-0.2, -0.15) is 0 Å². The number of hydrogen-bond acceptors (Lipinski definition) is 1. The maximum Gasteiger partial charge on any atom is 0.228 e. The molecule has 1 saturated heterocycles. The Balaban J connectivity index is 2.70. The number of carbonyl (C=O) groups is 1. The van der Waals surface area contributed by atoms with E-state index in [0.29, 0.717) is 17.9 Å². The average Bonchev–Trinajstić information content (AvgIpc) is 2.15. The minimum atomic E-state index is -0.230. The van der Waals surface area contributed by atoms with Crippen molar-refractivity contribution in [1.82, 2.24) is 4.90 Å². The fourth-order valence-electron chi connectivity index (χ4n) is 2.49. The highest BCUT2D eigenvalue weighted by molar-refractivity contribution is 5.81. The summed E-state index contributed by atoms with van der Waals surface area (Å²) in [7, 11) is 0. The van der Waals surface area contributed by atoms with E-state index >= 15 is 0 Å². The first-order chi connectivity index (χ1) is 7.32. The standard InChI is InChI=1S/C14H27NO/c1-11(2)10-12-8-6-7-9-15(12)13(16)14(3,4)5/h11-12H,6-10H2,1-5H3. The lowest BCUT2D eigenvalue weighted by molar-refractivity contribution is -0.143. The lowest BCUT2D eigenvalue weighted by atomic mass is 9.89. The maximum atomic E-state index is 12.3. The van der Waals surface area contributed by atoms with Crippen LogP contribution in [-0.4, -0.2) is 23.4 Å². The van der Waals surface area contributed by atoms with Crippen LogP contribution >= 0.6 is 0 Å². The van der Waals surface area contributed by atoms with Crippen molar-refractivity contribution in [1.29, 1.82) is 0 Å². The fourth-order valence-corrected chi connectivity index (χ4v) is 2.49. The van der Waals surface area contributed by atoms with Crippen molar-refractivity contribution in [2.24, 2.45) is 11.3 Å². The number of amides is 1. The van der Waals surface area contributed by atoms with E-state index in [0.717, 1.165) is 13.0 Å². The second kappa shape index (κ2) is 5.20. The molecule has 1 unspecified atom stereocenters. The van der Waals surface area contributed by atoms with Gasteiger partial charge in [-0.15, -0.1) is 0 Å². The maximum absolute atomic E-state index is 12.3. The molecule has 1 atom stereocenters. The quantitative estimate of drug-likeness (QED) is 0.705. The monoisotopic (exact) mass is 225 g/mol. The van der Waals surface area contributed by atoms with Gasteiger partial charge >= 0.3 is 0 Å². The van der Waals surface area contributed by atoms with E-state index in [1.807, 2.05) is 20.8 Å². The predicted octanol–water partition coefficient (Wildman–Crippen LogP) is 3.46. The smallest absolute Gasteiger partial charge is 0.228 e. The van der Waals surface area contributed by atoms with Gasteiger partial charge in [0.1, 0.15) is 0 Å². The van der Waals surface area contributed by atoms with Crippen LogP contribution in [0.2, 0.25) is 0 Å². The first kappa shape index (κ1) is 13.5. The van der Waals surface area contributed by atoms with Gasteiger partial charge in [0.2, 0.25) is 5.91 Å². The van der Waals surface area contributed by atoms with Crippen LogP contribution in [0.25, 0.3) is 0 Å². The lowest BCUT2D eigenvalue weighted by Gasteiger charge is -2.40. The van der Waals surface area contributed by atoms with E-state index in [1.54, 1.807) is 0 Å². The predicted molar refractivity (Wildman–Crippen MR) is 68.3 cm³/mol. The highest BCUT2D eigenvalue weighted by atomic mass is 16.2. The topological polar surface area (TPSA) is 20.3 Å². The van der Waals surface area contributed by atoms with Crippen LogP contribution in [0.1, 0.15) is 60.3 Å². The molecule has 0 saturated carbocycles. The van der Waals surface area contributed by atoms with Gasteiger partial charge < -0.3 is 4.90 Å². The molecule has 0 aromatic rings. The Morgan fingerprint density at radius 2 is 1.94 bits per heavy atom. The van der Waals surface area contributed by atoms with E-state index in [-0.39, 0.29) is 5.41 Å². The Hall–Kier alpha value is -0.530. The van der Waals surface area contributed by atoms with Crippen LogP contribution in [0.4, 0.5) is 0 Å². The molecule has 0 spiro atoms. The normalized spacial score (nSPS) is 22.6. The Kier molecular flexibility index (Phi) is 4.40. The molecular weight excluding hydrogens is 198 g/mol. The first-order valence-electron chi connectivity index (χ1n) is 6.63. The zero-order valence-electron chi connectivity index (χ0n) is 11.5. The summed E-state index contributed by atoms with van der Waals surface area (Å²) in [4.78, 5) is 14.5. The SMILES string of the molecule is CC(C)CC1CCCCN1C(=O)C(C)(C)C. The van der Waals surface area contributed by atoms with Gasteiger partial charge in [-0.25, -0.2) is 0 Å². The number of piperidine rings is 1. The van der Waals surface area contributed by atoms with E-state index in [1.165, 1.54) is 19.3 Å². The third-order valence-electron chi connectivity index (χ3n) is 3.27. The summed E-state index contributed by atoms with van der Waals surface area (Å²) < 4.78 is 0. The first-order valence-corrected chi connectivity index (χ1v) is 6.63. The van der Waals surface area contributed by atoms with Crippen molar-refractivity contribution < 1.29 is 4.79 Å². The van der Waals surface area contributed by atoms with Crippen LogP contribution in [0.3, 0.4) is 0 Å². The lowest BCUT2D eigenvalue weighted by Crippen LogP contribution is -2.48. The number of likely N-dealkylation sites (tertiary alicyclic amines) is 1. The summed E-state index contributed by atoms with van der Waals surface area (Å²) in [5.41, 5.74) is -0.230. The average molecular weight is 225 g/mol. The number of nitrogens with zero attached hydrogens (tertiary/aromatic N) is 1. The zero-order chi connectivity index (χ0) is 12.3. The van der Waals surface area contributed by atoms with Gasteiger partial charge in [0.15, 0.2) is 0 Å². The third kappa shape index (κ3) is 3.50. The van der Waals surface area contributed by atoms with Crippen molar-refractivity contribution >= 4 is 5.91 Å². The Morgan fingerprint density at radius 1 is 1.31 bits per heavy atom. The van der Waals surface area contributed by atoms with Crippen LogP contribution in [0, 0.1) is 11.3 Å². The molecule has 0 aromatic carbocycles.